The molecular formula is C13H11Cl2NO2. The SMILES string of the molecule is OCc1cccc(OCc2ccc(Cl)nc2Cl)c1. The number of aliphatic hydroxyl groups is 1. The van der Waals surface area contributed by atoms with Gasteiger partial charge in [-0.05, 0) is 29.8 Å². The Morgan fingerprint density at radius 1 is 1.17 bits per heavy atom. The molecule has 0 amide bonds. The van der Waals surface area contributed by atoms with Gasteiger partial charge < -0.3 is 9.84 Å². The molecule has 0 aliphatic heterocycles. The monoisotopic (exact) mass is 283 g/mol. The van der Waals surface area contributed by atoms with Crippen molar-refractivity contribution in [1.82, 2.24) is 4.98 Å². The minimum absolute atomic E-state index is 0.0134. The fourth-order valence-electron chi connectivity index (χ4n) is 1.44. The number of hydrogen-bond acceptors (Lipinski definition) is 3. The van der Waals surface area contributed by atoms with Gasteiger partial charge in [-0.15, -0.1) is 0 Å². The lowest BCUT2D eigenvalue weighted by Gasteiger charge is -2.08. The standard InChI is InChI=1S/C13H11Cl2NO2/c14-12-5-4-10(13(15)16-12)8-18-11-3-1-2-9(6-11)7-17/h1-6,17H,7-8H2. The molecule has 1 aromatic heterocycles. The summed E-state index contributed by atoms with van der Waals surface area (Å²) < 4.78 is 5.58. The molecular weight excluding hydrogens is 273 g/mol. The molecule has 0 aliphatic rings. The predicted molar refractivity (Wildman–Crippen MR) is 71.0 cm³/mol. The van der Waals surface area contributed by atoms with Gasteiger partial charge in [0.25, 0.3) is 0 Å². The van der Waals surface area contributed by atoms with Crippen molar-refractivity contribution >= 4 is 23.2 Å². The van der Waals surface area contributed by atoms with Crippen molar-refractivity contribution in [3.63, 3.8) is 0 Å². The van der Waals surface area contributed by atoms with Gasteiger partial charge in [0.2, 0.25) is 0 Å². The lowest BCUT2D eigenvalue weighted by Crippen LogP contribution is -1.98. The zero-order chi connectivity index (χ0) is 13.0. The summed E-state index contributed by atoms with van der Waals surface area (Å²) in [6.45, 7) is 0.290. The van der Waals surface area contributed by atoms with Gasteiger partial charge >= 0.3 is 0 Å². The van der Waals surface area contributed by atoms with Crippen molar-refractivity contribution in [3.8, 4) is 5.75 Å². The van der Waals surface area contributed by atoms with E-state index in [1.165, 1.54) is 0 Å². The van der Waals surface area contributed by atoms with Crippen molar-refractivity contribution in [2.24, 2.45) is 0 Å². The van der Waals surface area contributed by atoms with E-state index in [1.807, 2.05) is 18.2 Å². The van der Waals surface area contributed by atoms with E-state index in [1.54, 1.807) is 18.2 Å². The van der Waals surface area contributed by atoms with Gasteiger partial charge in [-0.1, -0.05) is 35.3 Å². The highest BCUT2D eigenvalue weighted by Gasteiger charge is 2.04. The number of pyridine rings is 1. The Kier molecular flexibility index (Phi) is 4.42. The van der Waals surface area contributed by atoms with Crippen molar-refractivity contribution in [1.29, 1.82) is 0 Å². The van der Waals surface area contributed by atoms with Gasteiger partial charge in [-0.3, -0.25) is 0 Å². The van der Waals surface area contributed by atoms with Crippen LogP contribution in [-0.4, -0.2) is 10.1 Å². The van der Waals surface area contributed by atoms with Crippen molar-refractivity contribution in [3.05, 3.63) is 57.8 Å². The second-order valence-electron chi connectivity index (χ2n) is 3.68. The van der Waals surface area contributed by atoms with E-state index < -0.39 is 0 Å². The Labute approximate surface area is 115 Å². The minimum atomic E-state index is -0.0134. The third-order valence-corrected chi connectivity index (χ3v) is 2.91. The second-order valence-corrected chi connectivity index (χ2v) is 4.42. The van der Waals surface area contributed by atoms with Crippen LogP contribution in [0.3, 0.4) is 0 Å². The molecule has 0 spiro atoms. The number of rotatable bonds is 4. The number of benzene rings is 1. The van der Waals surface area contributed by atoms with Crippen LogP contribution in [0.1, 0.15) is 11.1 Å². The highest BCUT2D eigenvalue weighted by Crippen LogP contribution is 2.20. The molecule has 18 heavy (non-hydrogen) atoms. The molecule has 3 nitrogen and oxygen atoms in total. The molecule has 0 radical (unpaired) electrons. The van der Waals surface area contributed by atoms with Gasteiger partial charge in [0, 0.05) is 5.56 Å². The summed E-state index contributed by atoms with van der Waals surface area (Å²) in [6.07, 6.45) is 0. The van der Waals surface area contributed by atoms with E-state index in [4.69, 9.17) is 33.0 Å². The third-order valence-electron chi connectivity index (χ3n) is 2.37. The number of aliphatic hydroxyl groups excluding tert-OH is 1. The predicted octanol–water partition coefficient (Wildman–Crippen LogP) is 3.46. The zero-order valence-electron chi connectivity index (χ0n) is 9.44. The first-order valence-electron chi connectivity index (χ1n) is 5.32. The molecule has 0 fully saturated rings. The largest absolute Gasteiger partial charge is 0.489 e. The summed E-state index contributed by atoms with van der Waals surface area (Å²) >= 11 is 11.6. The average molecular weight is 284 g/mol. The molecule has 0 unspecified atom stereocenters. The van der Waals surface area contributed by atoms with Crippen LogP contribution in [0.4, 0.5) is 0 Å². The van der Waals surface area contributed by atoms with Crippen LogP contribution in [0.5, 0.6) is 5.75 Å². The minimum Gasteiger partial charge on any atom is -0.489 e. The lowest BCUT2D eigenvalue weighted by molar-refractivity contribution is 0.278. The Morgan fingerprint density at radius 3 is 2.72 bits per heavy atom. The fourth-order valence-corrected chi connectivity index (χ4v) is 1.84. The molecule has 2 rings (SSSR count). The quantitative estimate of drug-likeness (QED) is 0.874. The van der Waals surface area contributed by atoms with E-state index in [9.17, 15) is 0 Å². The molecule has 0 atom stereocenters. The summed E-state index contributed by atoms with van der Waals surface area (Å²) in [7, 11) is 0. The maximum absolute atomic E-state index is 9.02. The van der Waals surface area contributed by atoms with Crippen LogP contribution in [0.25, 0.3) is 0 Å². The van der Waals surface area contributed by atoms with Crippen LogP contribution in [-0.2, 0) is 13.2 Å². The normalized spacial score (nSPS) is 10.4. The Morgan fingerprint density at radius 2 is 2.00 bits per heavy atom. The number of aromatic nitrogens is 1. The van der Waals surface area contributed by atoms with Gasteiger partial charge in [0.15, 0.2) is 0 Å². The number of hydrogen-bond donors (Lipinski definition) is 1. The summed E-state index contributed by atoms with van der Waals surface area (Å²) in [5, 5.41) is 9.71. The molecule has 0 bridgehead atoms. The van der Waals surface area contributed by atoms with Gasteiger partial charge in [0.05, 0.1) is 6.61 Å². The van der Waals surface area contributed by atoms with E-state index >= 15 is 0 Å². The first-order valence-corrected chi connectivity index (χ1v) is 6.08. The summed E-state index contributed by atoms with van der Waals surface area (Å²) in [4.78, 5) is 3.93. The van der Waals surface area contributed by atoms with E-state index in [-0.39, 0.29) is 6.61 Å². The zero-order valence-corrected chi connectivity index (χ0v) is 10.9. The molecule has 2 aromatic rings. The number of ether oxygens (including phenoxy) is 1. The molecule has 0 aliphatic carbocycles. The molecule has 1 heterocycles. The van der Waals surface area contributed by atoms with E-state index in [2.05, 4.69) is 4.98 Å². The summed E-state index contributed by atoms with van der Waals surface area (Å²) in [6, 6.07) is 10.7. The maximum atomic E-state index is 9.02. The van der Waals surface area contributed by atoms with E-state index in [0.717, 1.165) is 11.1 Å². The highest BCUT2D eigenvalue weighted by molar-refractivity contribution is 6.32. The van der Waals surface area contributed by atoms with E-state index in [0.29, 0.717) is 22.7 Å². The summed E-state index contributed by atoms with van der Waals surface area (Å²) in [5.41, 5.74) is 1.56. The van der Waals surface area contributed by atoms with Crippen molar-refractivity contribution in [2.45, 2.75) is 13.2 Å². The Hall–Kier alpha value is -1.29. The smallest absolute Gasteiger partial charge is 0.137 e. The summed E-state index contributed by atoms with van der Waals surface area (Å²) in [5.74, 6) is 0.674. The van der Waals surface area contributed by atoms with Crippen LogP contribution in [0.15, 0.2) is 36.4 Å². The van der Waals surface area contributed by atoms with Gasteiger partial charge in [-0.25, -0.2) is 4.98 Å². The van der Waals surface area contributed by atoms with Gasteiger partial charge in [-0.2, -0.15) is 0 Å². The number of halogens is 2. The first-order chi connectivity index (χ1) is 8.69. The molecule has 1 N–H and O–H groups in total. The molecule has 1 aromatic carbocycles. The Bertz CT molecular complexity index is 546. The van der Waals surface area contributed by atoms with Crippen LogP contribution in [0, 0.1) is 0 Å². The van der Waals surface area contributed by atoms with Crippen molar-refractivity contribution < 1.29 is 9.84 Å². The maximum Gasteiger partial charge on any atom is 0.137 e. The number of nitrogens with zero attached hydrogens (tertiary/aromatic N) is 1. The molecule has 0 saturated carbocycles. The first kappa shape index (κ1) is 13.1. The van der Waals surface area contributed by atoms with Crippen LogP contribution >= 0.6 is 23.2 Å². The topological polar surface area (TPSA) is 42.4 Å². The molecule has 0 saturated heterocycles. The fraction of sp³-hybridized carbons (Fsp3) is 0.154. The second kappa shape index (κ2) is 6.05. The molecule has 94 valence electrons. The average Bonchev–Trinajstić information content (AvgIpc) is 2.38. The Balaban J connectivity index is 2.06. The highest BCUT2D eigenvalue weighted by atomic mass is 35.5. The van der Waals surface area contributed by atoms with Crippen molar-refractivity contribution in [2.75, 3.05) is 0 Å². The lowest BCUT2D eigenvalue weighted by atomic mass is 10.2. The molecule has 5 heteroatoms. The third kappa shape index (κ3) is 3.35. The van der Waals surface area contributed by atoms with Crippen LogP contribution in [0.2, 0.25) is 10.3 Å². The van der Waals surface area contributed by atoms with Crippen LogP contribution < -0.4 is 4.74 Å². The van der Waals surface area contributed by atoms with Gasteiger partial charge in [0.1, 0.15) is 22.7 Å².